The molecule has 0 bridgehead atoms. The monoisotopic (exact) mass is 231 g/mol. The van der Waals surface area contributed by atoms with Crippen molar-refractivity contribution in [2.75, 3.05) is 0 Å². The Kier molecular flexibility index (Phi) is 4.39. The normalized spacial score (nSPS) is 8.45. The minimum Gasteiger partial charge on any atom is -1.00 e. The minimum atomic E-state index is 0. The molecule has 1 nitrogen and oxygen atoms in total. The Labute approximate surface area is 81.8 Å². The summed E-state index contributed by atoms with van der Waals surface area (Å²) in [7, 11) is 0. The molecule has 0 N–H and O–H groups in total. The number of hydrogen-bond acceptors (Lipinski definition) is 1. The van der Waals surface area contributed by atoms with Gasteiger partial charge in [0, 0.05) is 6.92 Å². The highest BCUT2D eigenvalue weighted by molar-refractivity contribution is 7.09. The first-order valence-corrected chi connectivity index (χ1v) is 4.01. The van der Waals surface area contributed by atoms with Crippen molar-refractivity contribution in [3.63, 3.8) is 0 Å². The topological polar surface area (TPSA) is 3.88 Å². The van der Waals surface area contributed by atoms with Crippen LogP contribution in [-0.2, 0) is 6.54 Å². The van der Waals surface area contributed by atoms with Gasteiger partial charge in [0.05, 0.1) is 4.88 Å². The molecule has 0 radical (unpaired) electrons. The molecule has 0 aliphatic heterocycles. The van der Waals surface area contributed by atoms with E-state index >= 15 is 0 Å². The Hall–Kier alpha value is -0.330. The van der Waals surface area contributed by atoms with Gasteiger partial charge in [-0.3, -0.25) is 0 Å². The lowest BCUT2D eigenvalue weighted by atomic mass is 10.4. The first-order valence-electron chi connectivity index (χ1n) is 3.13. The summed E-state index contributed by atoms with van der Waals surface area (Å²) in [5.41, 5.74) is 3.34. The summed E-state index contributed by atoms with van der Waals surface area (Å²) in [6.07, 6.45) is 5.17. The van der Waals surface area contributed by atoms with Crippen molar-refractivity contribution < 1.29 is 21.5 Å². The zero-order valence-corrected chi connectivity index (χ0v) is 9.00. The predicted molar refractivity (Wildman–Crippen MR) is 42.8 cm³/mol. The van der Waals surface area contributed by atoms with E-state index in [2.05, 4.69) is 29.8 Å². The van der Waals surface area contributed by atoms with E-state index in [1.165, 1.54) is 10.6 Å². The molecule has 60 valence electrons. The van der Waals surface area contributed by atoms with Crippen LogP contribution in [-0.4, -0.2) is 0 Å². The fourth-order valence-corrected chi connectivity index (χ4v) is 1.57. The summed E-state index contributed by atoms with van der Waals surface area (Å²) in [6, 6.07) is 0. The van der Waals surface area contributed by atoms with Crippen LogP contribution < -0.4 is 21.5 Å². The average molecular weight is 232 g/mol. The van der Waals surface area contributed by atoms with Gasteiger partial charge in [0.25, 0.3) is 0 Å². The third kappa shape index (κ3) is 2.32. The van der Waals surface area contributed by atoms with E-state index in [1.54, 1.807) is 11.3 Å². The number of rotatable bonds is 1. The Morgan fingerprint density at radius 2 is 2.27 bits per heavy atom. The highest BCUT2D eigenvalue weighted by Crippen LogP contribution is 2.06. The maximum absolute atomic E-state index is 5.17. The minimum absolute atomic E-state index is 0. The van der Waals surface area contributed by atoms with Crippen LogP contribution in [0.2, 0.25) is 0 Å². The number of terminal acetylenes is 1. The molecule has 0 unspecified atom stereocenters. The maximum atomic E-state index is 5.17. The number of thiazole rings is 1. The molecule has 0 aliphatic rings. The first kappa shape index (κ1) is 10.7. The Morgan fingerprint density at radius 3 is 2.64 bits per heavy atom. The largest absolute Gasteiger partial charge is 1.00 e. The van der Waals surface area contributed by atoms with E-state index < -0.39 is 0 Å². The molecule has 3 heteroatoms. The van der Waals surface area contributed by atoms with E-state index in [0.717, 1.165) is 0 Å². The molecule has 11 heavy (non-hydrogen) atoms. The van der Waals surface area contributed by atoms with Crippen LogP contribution in [0.4, 0.5) is 0 Å². The van der Waals surface area contributed by atoms with E-state index in [0.29, 0.717) is 6.54 Å². The van der Waals surface area contributed by atoms with Crippen molar-refractivity contribution in [1.29, 1.82) is 0 Å². The second kappa shape index (κ2) is 4.53. The van der Waals surface area contributed by atoms with Crippen molar-refractivity contribution in [2.45, 2.75) is 20.4 Å². The second-order valence-electron chi connectivity index (χ2n) is 2.20. The molecule has 0 amide bonds. The molecule has 0 atom stereocenters. The van der Waals surface area contributed by atoms with Gasteiger partial charge < -0.3 is 17.0 Å². The van der Waals surface area contributed by atoms with E-state index in [4.69, 9.17) is 6.42 Å². The lowest BCUT2D eigenvalue weighted by Crippen LogP contribution is -3.00. The van der Waals surface area contributed by atoms with E-state index in [9.17, 15) is 0 Å². The number of nitrogens with zero attached hydrogens (tertiary/aromatic N) is 1. The van der Waals surface area contributed by atoms with Gasteiger partial charge in [0.1, 0.15) is 0 Å². The maximum Gasteiger partial charge on any atom is 0.226 e. The third-order valence-corrected chi connectivity index (χ3v) is 2.57. The Morgan fingerprint density at radius 1 is 1.64 bits per heavy atom. The van der Waals surface area contributed by atoms with Gasteiger partial charge in [-0.05, 0) is 12.8 Å². The fraction of sp³-hybridized carbons (Fsp3) is 0.375. The Balaban J connectivity index is 0.000001000. The zero-order valence-electron chi connectivity index (χ0n) is 6.60. The van der Waals surface area contributed by atoms with Gasteiger partial charge in [-0.2, -0.15) is 4.57 Å². The van der Waals surface area contributed by atoms with Crippen LogP contribution in [0.15, 0.2) is 5.51 Å². The lowest BCUT2D eigenvalue weighted by Gasteiger charge is -1.85. The molecule has 0 spiro atoms. The molecule has 0 aromatic carbocycles. The first-order chi connectivity index (χ1) is 4.75. The highest BCUT2D eigenvalue weighted by Gasteiger charge is 2.08. The van der Waals surface area contributed by atoms with Crippen molar-refractivity contribution in [3.05, 3.63) is 16.1 Å². The Bertz CT molecular complexity index is 272. The number of aromatic nitrogens is 1. The molecular formula is C8H10BrNS. The third-order valence-electron chi connectivity index (χ3n) is 1.56. The van der Waals surface area contributed by atoms with Crippen LogP contribution in [0.1, 0.15) is 10.6 Å². The molecule has 0 aliphatic carbocycles. The molecule has 0 saturated heterocycles. The molecule has 0 saturated carbocycles. The zero-order chi connectivity index (χ0) is 7.56. The predicted octanol–water partition coefficient (Wildman–Crippen LogP) is -1.71. The number of aryl methyl sites for hydroxylation is 1. The molecule has 1 aromatic rings. The number of halogens is 1. The van der Waals surface area contributed by atoms with Crippen LogP contribution in [0.5, 0.6) is 0 Å². The van der Waals surface area contributed by atoms with Crippen molar-refractivity contribution in [3.8, 4) is 12.3 Å². The van der Waals surface area contributed by atoms with E-state index in [1.807, 2.05) is 0 Å². The molecule has 1 heterocycles. The smallest absolute Gasteiger partial charge is 0.226 e. The van der Waals surface area contributed by atoms with Gasteiger partial charge in [0.15, 0.2) is 5.69 Å². The van der Waals surface area contributed by atoms with Gasteiger partial charge in [-0.1, -0.05) is 11.3 Å². The summed E-state index contributed by atoms with van der Waals surface area (Å²) in [4.78, 5) is 1.34. The van der Waals surface area contributed by atoms with Gasteiger partial charge in [0.2, 0.25) is 12.1 Å². The molecule has 0 fully saturated rings. The van der Waals surface area contributed by atoms with Crippen LogP contribution in [0.25, 0.3) is 0 Å². The summed E-state index contributed by atoms with van der Waals surface area (Å²) < 4.78 is 2.08. The standard InChI is InChI=1S/C8H10NS.BrH/c1-4-5-9-6-10-8(3)7(9)2;/h1,6H,5H2,2-3H3;1H/q+1;/p-1. The SMILES string of the molecule is C#CC[n+]1csc(C)c1C.[Br-]. The second-order valence-corrected chi connectivity index (χ2v) is 3.26. The summed E-state index contributed by atoms with van der Waals surface area (Å²) in [6.45, 7) is 4.88. The van der Waals surface area contributed by atoms with Crippen molar-refractivity contribution in [2.24, 2.45) is 0 Å². The lowest BCUT2D eigenvalue weighted by molar-refractivity contribution is -0.686. The molecule has 1 rings (SSSR count). The molecular weight excluding hydrogens is 222 g/mol. The van der Waals surface area contributed by atoms with Gasteiger partial charge in [-0.25, -0.2) is 0 Å². The highest BCUT2D eigenvalue weighted by atomic mass is 79.9. The summed E-state index contributed by atoms with van der Waals surface area (Å²) >= 11 is 1.74. The quantitative estimate of drug-likeness (QED) is 0.401. The van der Waals surface area contributed by atoms with Crippen LogP contribution >= 0.6 is 11.3 Å². The summed E-state index contributed by atoms with van der Waals surface area (Å²) in [5.74, 6) is 2.61. The van der Waals surface area contributed by atoms with Crippen molar-refractivity contribution in [1.82, 2.24) is 0 Å². The van der Waals surface area contributed by atoms with Gasteiger partial charge >= 0.3 is 0 Å². The van der Waals surface area contributed by atoms with Gasteiger partial charge in [-0.15, -0.1) is 6.42 Å². The number of hydrogen-bond donors (Lipinski definition) is 0. The average Bonchev–Trinajstić information content (AvgIpc) is 2.20. The van der Waals surface area contributed by atoms with Crippen LogP contribution in [0.3, 0.4) is 0 Å². The molecule has 1 aromatic heterocycles. The van der Waals surface area contributed by atoms with Crippen LogP contribution in [0, 0.1) is 26.2 Å². The van der Waals surface area contributed by atoms with E-state index in [-0.39, 0.29) is 17.0 Å². The fourth-order valence-electron chi connectivity index (χ4n) is 0.763. The van der Waals surface area contributed by atoms with Crippen molar-refractivity contribution >= 4 is 11.3 Å². The summed E-state index contributed by atoms with van der Waals surface area (Å²) in [5, 5.41) is 0.